The summed E-state index contributed by atoms with van der Waals surface area (Å²) < 4.78 is 14.7. The van der Waals surface area contributed by atoms with Gasteiger partial charge in [-0.25, -0.2) is 14.4 Å². The molecule has 198 valence electrons. The Labute approximate surface area is 223 Å². The van der Waals surface area contributed by atoms with Gasteiger partial charge < -0.3 is 19.7 Å². The van der Waals surface area contributed by atoms with E-state index in [0.717, 1.165) is 69.9 Å². The van der Waals surface area contributed by atoms with Gasteiger partial charge in [-0.1, -0.05) is 6.92 Å². The molecule has 3 heterocycles. The Morgan fingerprint density at radius 1 is 1.19 bits per heavy atom. The summed E-state index contributed by atoms with van der Waals surface area (Å²) in [5, 5.41) is 4.30. The lowest BCUT2D eigenvalue weighted by atomic mass is 10.0. The third-order valence-corrected chi connectivity index (χ3v) is 8.23. The van der Waals surface area contributed by atoms with Crippen LogP contribution in [0, 0.1) is 6.92 Å². The van der Waals surface area contributed by atoms with Crippen LogP contribution in [0.15, 0.2) is 24.3 Å². The SMILES string of the molecule is CCc1cc(=[N+]2CCC(NC(=O)OC(C)(C)C)CC2)cc2sc3cc(N4CCOCC4)cc(C)c3nc1-2. The second-order valence-corrected chi connectivity index (χ2v) is 12.2. The van der Waals surface area contributed by atoms with Crippen LogP contribution in [0.1, 0.15) is 51.7 Å². The number of benzene rings is 2. The molecule has 1 N–H and O–H groups in total. The van der Waals surface area contributed by atoms with Crippen LogP contribution >= 0.6 is 11.3 Å². The first-order chi connectivity index (χ1) is 17.7. The topological polar surface area (TPSA) is 66.7 Å². The number of nitrogens with one attached hydrogen (secondary N) is 1. The molecule has 4 aliphatic rings. The van der Waals surface area contributed by atoms with Gasteiger partial charge in [-0.15, -0.1) is 11.3 Å². The lowest BCUT2D eigenvalue weighted by molar-refractivity contribution is 0.0493. The van der Waals surface area contributed by atoms with Crippen molar-refractivity contribution in [2.45, 2.75) is 65.5 Å². The number of aryl methyl sites for hydroxylation is 2. The van der Waals surface area contributed by atoms with Crippen molar-refractivity contribution < 1.29 is 14.3 Å². The number of piperidine rings is 1. The number of alkyl carbamates (subject to hydrolysis) is 1. The summed E-state index contributed by atoms with van der Waals surface area (Å²) in [5.41, 5.74) is 5.52. The predicted octanol–water partition coefficient (Wildman–Crippen LogP) is 4.57. The summed E-state index contributed by atoms with van der Waals surface area (Å²) in [6.45, 7) is 15.3. The lowest BCUT2D eigenvalue weighted by Gasteiger charge is -2.29. The molecule has 0 unspecified atom stereocenters. The Kier molecular flexibility index (Phi) is 7.41. The number of fused-ring (bicyclic) bond motifs is 2. The molecule has 0 saturated carbocycles. The molecule has 37 heavy (non-hydrogen) atoms. The summed E-state index contributed by atoms with van der Waals surface area (Å²) in [4.78, 5) is 21.0. The molecule has 0 bridgehead atoms. The van der Waals surface area contributed by atoms with Gasteiger partial charge in [0.15, 0.2) is 0 Å². The van der Waals surface area contributed by atoms with Crippen LogP contribution < -0.4 is 20.1 Å². The molecular weight excluding hydrogens is 484 g/mol. The zero-order chi connectivity index (χ0) is 26.2. The van der Waals surface area contributed by atoms with Gasteiger partial charge in [-0.3, -0.25) is 0 Å². The normalized spacial score (nSPS) is 18.9. The summed E-state index contributed by atoms with van der Waals surface area (Å²) in [5.74, 6) is 0. The molecule has 2 saturated heterocycles. The van der Waals surface area contributed by atoms with Gasteiger partial charge in [-0.2, -0.15) is 0 Å². The first-order valence-corrected chi connectivity index (χ1v) is 14.3. The minimum Gasteiger partial charge on any atom is -0.444 e. The van der Waals surface area contributed by atoms with Gasteiger partial charge in [0.1, 0.15) is 18.7 Å². The van der Waals surface area contributed by atoms with Crippen molar-refractivity contribution in [3.05, 3.63) is 40.7 Å². The minimum absolute atomic E-state index is 0.146. The van der Waals surface area contributed by atoms with Crippen LogP contribution in [0.2, 0.25) is 0 Å². The Morgan fingerprint density at radius 3 is 2.59 bits per heavy atom. The summed E-state index contributed by atoms with van der Waals surface area (Å²) in [7, 11) is 0. The zero-order valence-electron chi connectivity index (χ0n) is 22.7. The molecule has 5 rings (SSSR count). The Hall–Kier alpha value is -2.71. The molecule has 0 aromatic heterocycles. The number of carbonyl (C=O) groups excluding carboxylic acids is 1. The number of aromatic nitrogens is 1. The summed E-state index contributed by atoms with van der Waals surface area (Å²) in [6, 6.07) is 9.34. The first-order valence-electron chi connectivity index (χ1n) is 13.5. The fourth-order valence-corrected chi connectivity index (χ4v) is 6.42. The maximum atomic E-state index is 12.2. The summed E-state index contributed by atoms with van der Waals surface area (Å²) in [6.07, 6.45) is 2.42. The molecule has 1 aromatic carbocycles. The van der Waals surface area contributed by atoms with Crippen molar-refractivity contribution in [1.29, 1.82) is 0 Å². The van der Waals surface area contributed by atoms with Gasteiger partial charge in [0.05, 0.1) is 34.0 Å². The van der Waals surface area contributed by atoms with Crippen molar-refractivity contribution in [3.63, 3.8) is 0 Å². The molecule has 2 fully saturated rings. The highest BCUT2D eigenvalue weighted by atomic mass is 32.1. The maximum Gasteiger partial charge on any atom is 0.407 e. The van der Waals surface area contributed by atoms with E-state index in [4.69, 9.17) is 14.5 Å². The highest BCUT2D eigenvalue weighted by Crippen LogP contribution is 2.36. The number of hydrogen-bond acceptors (Lipinski definition) is 6. The van der Waals surface area contributed by atoms with E-state index in [-0.39, 0.29) is 12.1 Å². The summed E-state index contributed by atoms with van der Waals surface area (Å²) >= 11 is 1.84. The van der Waals surface area contributed by atoms with E-state index in [2.05, 4.69) is 52.9 Å². The predicted molar refractivity (Wildman–Crippen MR) is 151 cm³/mol. The maximum absolute atomic E-state index is 12.2. The quantitative estimate of drug-likeness (QED) is 0.403. The van der Waals surface area contributed by atoms with Gasteiger partial charge >= 0.3 is 6.09 Å². The molecule has 0 atom stereocenters. The van der Waals surface area contributed by atoms with E-state index in [1.165, 1.54) is 31.7 Å². The number of nitrogens with zero attached hydrogens (tertiary/aromatic N) is 3. The van der Waals surface area contributed by atoms with Crippen LogP contribution in [-0.2, 0) is 15.9 Å². The number of carbonyl (C=O) groups is 1. The number of rotatable bonds is 3. The van der Waals surface area contributed by atoms with E-state index in [1.807, 2.05) is 32.1 Å². The minimum atomic E-state index is -0.479. The molecule has 1 aromatic rings. The van der Waals surface area contributed by atoms with Crippen molar-refractivity contribution in [2.24, 2.45) is 0 Å². The molecular formula is C29H39N4O3S+. The van der Waals surface area contributed by atoms with E-state index < -0.39 is 5.60 Å². The van der Waals surface area contributed by atoms with Gasteiger partial charge in [0.2, 0.25) is 5.36 Å². The molecule has 0 spiro atoms. The van der Waals surface area contributed by atoms with Crippen LogP contribution in [0.5, 0.6) is 0 Å². The Morgan fingerprint density at radius 2 is 1.92 bits per heavy atom. The second kappa shape index (κ2) is 10.6. The Bertz CT molecular complexity index is 1330. The number of hydrogen-bond donors (Lipinski definition) is 1. The third-order valence-electron chi connectivity index (χ3n) is 7.17. The Balaban J connectivity index is 1.45. The molecule has 0 radical (unpaired) electrons. The van der Waals surface area contributed by atoms with Crippen LogP contribution in [-0.4, -0.2) is 62.1 Å². The third kappa shape index (κ3) is 5.91. The first kappa shape index (κ1) is 25.9. The number of anilines is 1. The zero-order valence-corrected chi connectivity index (χ0v) is 23.5. The van der Waals surface area contributed by atoms with Crippen LogP contribution in [0.4, 0.5) is 10.5 Å². The average Bonchev–Trinajstić information content (AvgIpc) is 2.87. The fraction of sp³-hybridized carbons (Fsp3) is 0.552. The van der Waals surface area contributed by atoms with Crippen molar-refractivity contribution in [2.75, 3.05) is 44.3 Å². The van der Waals surface area contributed by atoms with Gasteiger partial charge in [0, 0.05) is 49.8 Å². The highest BCUT2D eigenvalue weighted by Gasteiger charge is 2.26. The standard InChI is InChI=1S/C29H38N4O3S/c1-6-20-16-23(32-9-7-21(8-10-32)30-28(34)36-29(3,4)5)18-25-27(20)31-26-19(2)15-22(17-24(26)37-25)33-11-13-35-14-12-33/h15-18,21H,6-14H2,1-5H3/p+1. The number of ether oxygens (including phenoxy) is 2. The fourth-order valence-electron chi connectivity index (χ4n) is 5.25. The van der Waals surface area contributed by atoms with Gasteiger partial charge in [0.25, 0.3) is 0 Å². The van der Waals surface area contributed by atoms with Crippen LogP contribution in [0.25, 0.3) is 20.8 Å². The van der Waals surface area contributed by atoms with E-state index >= 15 is 0 Å². The monoisotopic (exact) mass is 523 g/mol. The van der Waals surface area contributed by atoms with Crippen molar-refractivity contribution >= 4 is 33.3 Å². The molecule has 1 amide bonds. The van der Waals surface area contributed by atoms with E-state index in [1.54, 1.807) is 0 Å². The van der Waals surface area contributed by atoms with Crippen molar-refractivity contribution in [3.8, 4) is 10.6 Å². The van der Waals surface area contributed by atoms with Crippen LogP contribution in [0.3, 0.4) is 0 Å². The highest BCUT2D eigenvalue weighted by molar-refractivity contribution is 7.21. The average molecular weight is 524 g/mol. The van der Waals surface area contributed by atoms with E-state index in [0.29, 0.717) is 0 Å². The number of morpholine rings is 1. The lowest BCUT2D eigenvalue weighted by Crippen LogP contribution is -2.47. The molecule has 7 nitrogen and oxygen atoms in total. The molecule has 1 aliphatic carbocycles. The second-order valence-electron chi connectivity index (χ2n) is 11.1. The molecule has 8 heteroatoms. The smallest absolute Gasteiger partial charge is 0.407 e. The molecule has 3 aliphatic heterocycles. The largest absolute Gasteiger partial charge is 0.444 e. The number of amides is 1. The van der Waals surface area contributed by atoms with Crippen molar-refractivity contribution in [1.82, 2.24) is 14.9 Å². The van der Waals surface area contributed by atoms with Gasteiger partial charge in [-0.05, 0) is 57.4 Å². The van der Waals surface area contributed by atoms with E-state index in [9.17, 15) is 4.79 Å².